The molecule has 1 aromatic rings. The van der Waals surface area contributed by atoms with Gasteiger partial charge in [0.1, 0.15) is 5.75 Å². The van der Waals surface area contributed by atoms with Crippen molar-refractivity contribution in [2.24, 2.45) is 0 Å². The van der Waals surface area contributed by atoms with E-state index in [0.717, 1.165) is 30.8 Å². The van der Waals surface area contributed by atoms with E-state index in [1.165, 1.54) is 14.2 Å². The highest BCUT2D eigenvalue weighted by atomic mass is 16.5. The summed E-state index contributed by atoms with van der Waals surface area (Å²) in [4.78, 5) is 27.0. The largest absolute Gasteiger partial charge is 0.494 e. The Kier molecular flexibility index (Phi) is 6.93. The van der Waals surface area contributed by atoms with E-state index in [1.807, 2.05) is 36.1 Å². The lowest BCUT2D eigenvalue weighted by molar-refractivity contribution is -0.137. The molecule has 0 N–H and O–H groups in total. The molecule has 0 spiro atoms. The van der Waals surface area contributed by atoms with Crippen LogP contribution in [0, 0.1) is 0 Å². The number of hydrogen-bond acceptors (Lipinski definition) is 7. The molecule has 2 aliphatic rings. The number of hydrogen-bond donors (Lipinski definition) is 0. The minimum atomic E-state index is -0.591. The number of ether oxygens (including phenoxy) is 4. The molecule has 0 radical (unpaired) electrons. The van der Waals surface area contributed by atoms with Crippen LogP contribution in [0.1, 0.15) is 31.2 Å². The van der Waals surface area contributed by atoms with E-state index >= 15 is 0 Å². The van der Waals surface area contributed by atoms with Crippen LogP contribution in [0.2, 0.25) is 0 Å². The summed E-state index contributed by atoms with van der Waals surface area (Å²) in [5.74, 6) is -0.850. The van der Waals surface area contributed by atoms with Gasteiger partial charge in [-0.2, -0.15) is 0 Å². The molecule has 29 heavy (non-hydrogen) atoms. The lowest BCUT2D eigenvalue weighted by Crippen LogP contribution is -2.32. The highest BCUT2D eigenvalue weighted by Gasteiger charge is 2.35. The average molecular weight is 401 g/mol. The first-order chi connectivity index (χ1) is 14.1. The van der Waals surface area contributed by atoms with Gasteiger partial charge in [-0.3, -0.25) is 0 Å². The predicted octanol–water partition coefficient (Wildman–Crippen LogP) is 2.78. The first-order valence-corrected chi connectivity index (χ1v) is 9.77. The van der Waals surface area contributed by atoms with Crippen molar-refractivity contribution < 1.29 is 28.5 Å². The van der Waals surface area contributed by atoms with Gasteiger partial charge in [0.15, 0.2) is 0 Å². The molecule has 2 heterocycles. The second-order valence-electron chi connectivity index (χ2n) is 6.92. The van der Waals surface area contributed by atoms with Crippen LogP contribution >= 0.6 is 0 Å². The smallest absolute Gasteiger partial charge is 0.336 e. The lowest BCUT2D eigenvalue weighted by atomic mass is 9.83. The van der Waals surface area contributed by atoms with Crippen LogP contribution < -0.4 is 4.74 Å². The van der Waals surface area contributed by atoms with Crippen molar-refractivity contribution in [2.75, 3.05) is 34.0 Å². The summed E-state index contributed by atoms with van der Waals surface area (Å²) in [5.41, 5.74) is 1.52. The molecular formula is C22H27NO6. The third-order valence-corrected chi connectivity index (χ3v) is 5.04. The van der Waals surface area contributed by atoms with Gasteiger partial charge < -0.3 is 23.8 Å². The topological polar surface area (TPSA) is 74.3 Å². The van der Waals surface area contributed by atoms with Crippen LogP contribution in [0.3, 0.4) is 0 Å². The molecule has 156 valence electrons. The third kappa shape index (κ3) is 4.79. The second-order valence-corrected chi connectivity index (χ2v) is 6.92. The van der Waals surface area contributed by atoms with Gasteiger partial charge in [0.05, 0.1) is 44.0 Å². The van der Waals surface area contributed by atoms with Crippen LogP contribution in [0.5, 0.6) is 5.75 Å². The molecule has 0 aromatic heterocycles. The summed E-state index contributed by atoms with van der Waals surface area (Å²) < 4.78 is 21.2. The molecule has 0 unspecified atom stereocenters. The highest BCUT2D eigenvalue weighted by Crippen LogP contribution is 2.38. The van der Waals surface area contributed by atoms with Crippen LogP contribution in [0.15, 0.2) is 47.8 Å². The quantitative estimate of drug-likeness (QED) is 0.651. The average Bonchev–Trinajstić information content (AvgIpc) is 3.26. The Bertz CT molecular complexity index is 758. The van der Waals surface area contributed by atoms with E-state index in [1.54, 1.807) is 12.4 Å². The summed E-state index contributed by atoms with van der Waals surface area (Å²) in [5, 5.41) is 0. The predicted molar refractivity (Wildman–Crippen MR) is 106 cm³/mol. The first kappa shape index (κ1) is 20.9. The van der Waals surface area contributed by atoms with Gasteiger partial charge in [0.25, 0.3) is 0 Å². The molecule has 1 saturated heterocycles. The fourth-order valence-corrected chi connectivity index (χ4v) is 3.70. The van der Waals surface area contributed by atoms with E-state index in [0.29, 0.717) is 24.3 Å². The zero-order chi connectivity index (χ0) is 20.8. The lowest BCUT2D eigenvalue weighted by Gasteiger charge is -2.31. The number of esters is 2. The van der Waals surface area contributed by atoms with Crippen molar-refractivity contribution in [3.63, 3.8) is 0 Å². The van der Waals surface area contributed by atoms with Crippen molar-refractivity contribution in [1.29, 1.82) is 0 Å². The fraction of sp³-hybridized carbons (Fsp3) is 0.455. The minimum Gasteiger partial charge on any atom is -0.494 e. The van der Waals surface area contributed by atoms with Gasteiger partial charge in [-0.05, 0) is 37.5 Å². The number of nitrogens with zero attached hydrogens (tertiary/aromatic N) is 1. The Balaban J connectivity index is 1.98. The Morgan fingerprint density at radius 2 is 1.69 bits per heavy atom. The second kappa shape index (κ2) is 9.60. The number of benzene rings is 1. The normalized spacial score (nSPS) is 19.4. The van der Waals surface area contributed by atoms with E-state index in [-0.39, 0.29) is 6.10 Å². The maximum absolute atomic E-state index is 12.6. The Morgan fingerprint density at radius 3 is 2.17 bits per heavy atom. The summed E-state index contributed by atoms with van der Waals surface area (Å²) >= 11 is 0. The van der Waals surface area contributed by atoms with Gasteiger partial charge in [-0.1, -0.05) is 12.1 Å². The molecule has 2 aliphatic heterocycles. The molecule has 1 atom stereocenters. The molecular weight excluding hydrogens is 374 g/mol. The molecule has 0 saturated carbocycles. The summed E-state index contributed by atoms with van der Waals surface area (Å²) in [6.45, 7) is 3.75. The van der Waals surface area contributed by atoms with Crippen molar-refractivity contribution in [3.8, 4) is 5.75 Å². The van der Waals surface area contributed by atoms with Crippen LogP contribution in [-0.4, -0.2) is 56.9 Å². The van der Waals surface area contributed by atoms with Gasteiger partial charge in [-0.15, -0.1) is 0 Å². The number of methoxy groups -OCH3 is 2. The number of carbonyl (C=O) groups excluding carboxylic acids is 2. The summed E-state index contributed by atoms with van der Waals surface area (Å²) in [7, 11) is 2.66. The fourth-order valence-electron chi connectivity index (χ4n) is 3.70. The molecule has 0 aliphatic carbocycles. The van der Waals surface area contributed by atoms with Gasteiger partial charge >= 0.3 is 11.9 Å². The zero-order valence-electron chi connectivity index (χ0n) is 17.1. The van der Waals surface area contributed by atoms with Crippen molar-refractivity contribution in [1.82, 2.24) is 4.90 Å². The van der Waals surface area contributed by atoms with E-state index in [9.17, 15) is 9.59 Å². The van der Waals surface area contributed by atoms with Crippen molar-refractivity contribution in [2.45, 2.75) is 31.8 Å². The third-order valence-electron chi connectivity index (χ3n) is 5.04. The van der Waals surface area contributed by atoms with Gasteiger partial charge in [0, 0.05) is 25.6 Å². The first-order valence-electron chi connectivity index (χ1n) is 9.77. The monoisotopic (exact) mass is 401 g/mol. The van der Waals surface area contributed by atoms with Crippen LogP contribution in [0.4, 0.5) is 0 Å². The Hall–Kier alpha value is -2.80. The van der Waals surface area contributed by atoms with Crippen molar-refractivity contribution in [3.05, 3.63) is 53.4 Å². The highest BCUT2D eigenvalue weighted by molar-refractivity contribution is 5.98. The van der Waals surface area contributed by atoms with E-state index < -0.39 is 17.9 Å². The summed E-state index contributed by atoms with van der Waals surface area (Å²) in [6, 6.07) is 7.33. The van der Waals surface area contributed by atoms with Gasteiger partial charge in [-0.25, -0.2) is 9.59 Å². The van der Waals surface area contributed by atoms with Crippen LogP contribution in [0.25, 0.3) is 0 Å². The zero-order valence-corrected chi connectivity index (χ0v) is 17.1. The molecule has 7 heteroatoms. The van der Waals surface area contributed by atoms with Crippen LogP contribution in [-0.2, 0) is 23.8 Å². The molecule has 7 nitrogen and oxygen atoms in total. The standard InChI is InChI=1S/C22H27NO6/c1-4-28-16-9-7-15(8-10-16)20-18(21(24)26-2)13-23(12-17-6-5-11-29-17)14-19(20)22(25)27-3/h7-10,13-14,17,20H,4-6,11-12H2,1-3H3/t17-/m0/s1. The SMILES string of the molecule is CCOc1ccc(C2C(C(=O)OC)=CN(C[C@@H]3CCCO3)C=C2C(=O)OC)cc1. The number of rotatable bonds is 7. The van der Waals surface area contributed by atoms with E-state index in [4.69, 9.17) is 18.9 Å². The molecule has 3 rings (SSSR count). The molecule has 0 bridgehead atoms. The summed E-state index contributed by atoms with van der Waals surface area (Å²) in [6.07, 6.45) is 5.49. The number of carbonyl (C=O) groups is 2. The van der Waals surface area contributed by atoms with Gasteiger partial charge in [0.2, 0.25) is 0 Å². The Morgan fingerprint density at radius 1 is 1.07 bits per heavy atom. The Labute approximate surface area is 170 Å². The van der Waals surface area contributed by atoms with Crippen molar-refractivity contribution >= 4 is 11.9 Å². The molecule has 1 fully saturated rings. The minimum absolute atomic E-state index is 0.0577. The molecule has 1 aromatic carbocycles. The molecule has 0 amide bonds. The maximum Gasteiger partial charge on any atom is 0.336 e. The van der Waals surface area contributed by atoms with E-state index in [2.05, 4.69) is 0 Å². The maximum atomic E-state index is 12.6.